The van der Waals surface area contributed by atoms with Gasteiger partial charge in [0.2, 0.25) is 5.91 Å². The average molecular weight is 368 g/mol. The molecule has 0 unspecified atom stereocenters. The third-order valence-corrected chi connectivity index (χ3v) is 4.21. The van der Waals surface area contributed by atoms with Gasteiger partial charge in [-0.2, -0.15) is 0 Å². The Labute approximate surface area is 161 Å². The number of carbonyl (C=O) groups excluding carboxylic acids is 2. The molecule has 5 nitrogen and oxygen atoms in total. The van der Waals surface area contributed by atoms with Gasteiger partial charge in [0, 0.05) is 25.6 Å². The molecule has 0 saturated carbocycles. The van der Waals surface area contributed by atoms with Crippen molar-refractivity contribution in [2.75, 3.05) is 26.7 Å². The molecule has 0 aliphatic heterocycles. The highest BCUT2D eigenvalue weighted by Gasteiger charge is 2.09. The van der Waals surface area contributed by atoms with Gasteiger partial charge in [0.25, 0.3) is 5.91 Å². The summed E-state index contributed by atoms with van der Waals surface area (Å²) in [6, 6.07) is 15.1. The number of rotatable bonds is 9. The van der Waals surface area contributed by atoms with Crippen molar-refractivity contribution in [2.24, 2.45) is 0 Å². The Morgan fingerprint density at radius 3 is 2.37 bits per heavy atom. The Hall–Kier alpha value is -2.82. The number of likely N-dealkylation sites (N-methyl/N-ethyl adjacent to an activating group) is 1. The molecule has 0 bridgehead atoms. The molecule has 0 aromatic heterocycles. The van der Waals surface area contributed by atoms with Crippen molar-refractivity contribution >= 4 is 11.8 Å². The first-order chi connectivity index (χ1) is 13.0. The van der Waals surface area contributed by atoms with Crippen molar-refractivity contribution in [3.8, 4) is 5.75 Å². The molecule has 27 heavy (non-hydrogen) atoms. The molecule has 0 heterocycles. The smallest absolute Gasteiger partial charge is 0.251 e. The molecular weight excluding hydrogens is 340 g/mol. The van der Waals surface area contributed by atoms with E-state index in [1.54, 1.807) is 24.1 Å². The van der Waals surface area contributed by atoms with E-state index >= 15 is 0 Å². The van der Waals surface area contributed by atoms with Crippen LogP contribution in [0.5, 0.6) is 5.75 Å². The molecular formula is C22H28N2O3. The van der Waals surface area contributed by atoms with Gasteiger partial charge in [0.15, 0.2) is 0 Å². The summed E-state index contributed by atoms with van der Waals surface area (Å²) in [7, 11) is 1.77. The van der Waals surface area contributed by atoms with Gasteiger partial charge in [0.05, 0.1) is 6.54 Å². The second-order valence-corrected chi connectivity index (χ2v) is 6.71. The van der Waals surface area contributed by atoms with Gasteiger partial charge < -0.3 is 15.0 Å². The Morgan fingerprint density at radius 2 is 1.70 bits per heavy atom. The number of ether oxygens (including phenoxy) is 1. The van der Waals surface area contributed by atoms with E-state index in [1.807, 2.05) is 44.2 Å². The lowest BCUT2D eigenvalue weighted by atomic mass is 10.1. The van der Waals surface area contributed by atoms with Crippen LogP contribution >= 0.6 is 0 Å². The Morgan fingerprint density at radius 1 is 1.04 bits per heavy atom. The SMILES string of the molecule is Cc1cc(C)cc(OCCN(C)C(=O)CCCNC(=O)c2ccccc2)c1. The van der Waals surface area contributed by atoms with Crippen molar-refractivity contribution in [2.45, 2.75) is 26.7 Å². The zero-order chi connectivity index (χ0) is 19.6. The van der Waals surface area contributed by atoms with E-state index in [2.05, 4.69) is 11.4 Å². The fourth-order valence-electron chi connectivity index (χ4n) is 2.77. The number of benzene rings is 2. The first-order valence-electron chi connectivity index (χ1n) is 9.24. The van der Waals surface area contributed by atoms with Gasteiger partial charge in [-0.3, -0.25) is 9.59 Å². The number of carbonyl (C=O) groups is 2. The second-order valence-electron chi connectivity index (χ2n) is 6.71. The number of hydrogen-bond donors (Lipinski definition) is 1. The third-order valence-electron chi connectivity index (χ3n) is 4.21. The molecule has 2 aromatic carbocycles. The Kier molecular flexibility index (Phi) is 7.86. The molecule has 0 fully saturated rings. The van der Waals surface area contributed by atoms with Crippen LogP contribution in [0.1, 0.15) is 34.3 Å². The largest absolute Gasteiger partial charge is 0.492 e. The standard InChI is InChI=1S/C22H28N2O3/c1-17-14-18(2)16-20(15-17)27-13-12-24(3)21(25)10-7-11-23-22(26)19-8-5-4-6-9-19/h4-6,8-9,14-16H,7,10-13H2,1-3H3,(H,23,26). The van der Waals surface area contributed by atoms with E-state index in [9.17, 15) is 9.59 Å². The van der Waals surface area contributed by atoms with Gasteiger partial charge >= 0.3 is 0 Å². The van der Waals surface area contributed by atoms with Gasteiger partial charge in [-0.25, -0.2) is 0 Å². The van der Waals surface area contributed by atoms with Crippen LogP contribution in [0.25, 0.3) is 0 Å². The topological polar surface area (TPSA) is 58.6 Å². The van der Waals surface area contributed by atoms with Gasteiger partial charge in [-0.05, 0) is 55.7 Å². The molecule has 0 aliphatic carbocycles. The zero-order valence-electron chi connectivity index (χ0n) is 16.3. The molecule has 5 heteroatoms. The van der Waals surface area contributed by atoms with E-state index in [4.69, 9.17) is 4.74 Å². The molecule has 0 saturated heterocycles. The van der Waals surface area contributed by atoms with Crippen LogP contribution in [0.15, 0.2) is 48.5 Å². The predicted molar refractivity (Wildman–Crippen MR) is 107 cm³/mol. The van der Waals surface area contributed by atoms with Crippen molar-refractivity contribution in [3.05, 3.63) is 65.2 Å². The first kappa shape index (κ1) is 20.5. The number of hydrogen-bond acceptors (Lipinski definition) is 3. The van der Waals surface area contributed by atoms with Crippen molar-refractivity contribution in [3.63, 3.8) is 0 Å². The summed E-state index contributed by atoms with van der Waals surface area (Å²) < 4.78 is 5.74. The molecule has 2 aromatic rings. The molecule has 0 spiro atoms. The summed E-state index contributed by atoms with van der Waals surface area (Å²) in [5.41, 5.74) is 2.95. The molecule has 144 valence electrons. The zero-order valence-corrected chi connectivity index (χ0v) is 16.3. The highest BCUT2D eigenvalue weighted by Crippen LogP contribution is 2.16. The Bertz CT molecular complexity index is 739. The van der Waals surface area contributed by atoms with E-state index in [1.165, 1.54) is 0 Å². The Balaban J connectivity index is 1.63. The molecule has 0 radical (unpaired) electrons. The van der Waals surface area contributed by atoms with Crippen LogP contribution in [-0.4, -0.2) is 43.5 Å². The molecule has 0 atom stereocenters. The highest BCUT2D eigenvalue weighted by atomic mass is 16.5. The van der Waals surface area contributed by atoms with Crippen LogP contribution < -0.4 is 10.1 Å². The summed E-state index contributed by atoms with van der Waals surface area (Å²) in [6.45, 7) is 5.53. The lowest BCUT2D eigenvalue weighted by molar-refractivity contribution is -0.130. The van der Waals surface area contributed by atoms with E-state index in [0.29, 0.717) is 38.1 Å². The number of nitrogens with one attached hydrogen (secondary N) is 1. The summed E-state index contributed by atoms with van der Waals surface area (Å²) >= 11 is 0. The number of amides is 2. The van der Waals surface area contributed by atoms with Gasteiger partial charge in [0.1, 0.15) is 12.4 Å². The fourth-order valence-corrected chi connectivity index (χ4v) is 2.77. The first-order valence-corrected chi connectivity index (χ1v) is 9.24. The minimum Gasteiger partial charge on any atom is -0.492 e. The lowest BCUT2D eigenvalue weighted by Gasteiger charge is -2.18. The fraction of sp³-hybridized carbons (Fsp3) is 0.364. The van der Waals surface area contributed by atoms with E-state index in [-0.39, 0.29) is 11.8 Å². The molecule has 2 rings (SSSR count). The summed E-state index contributed by atoms with van der Waals surface area (Å²) in [4.78, 5) is 25.8. The number of nitrogens with zero attached hydrogens (tertiary/aromatic N) is 1. The predicted octanol–water partition coefficient (Wildman–Crippen LogP) is 3.35. The van der Waals surface area contributed by atoms with Crippen LogP contribution in [0.4, 0.5) is 0 Å². The van der Waals surface area contributed by atoms with Crippen LogP contribution in [0.3, 0.4) is 0 Å². The lowest BCUT2D eigenvalue weighted by Crippen LogP contribution is -2.32. The average Bonchev–Trinajstić information content (AvgIpc) is 2.64. The van der Waals surface area contributed by atoms with Crippen molar-refractivity contribution in [1.82, 2.24) is 10.2 Å². The highest BCUT2D eigenvalue weighted by molar-refractivity contribution is 5.94. The molecule has 0 aliphatic rings. The van der Waals surface area contributed by atoms with Crippen LogP contribution in [-0.2, 0) is 4.79 Å². The minimum absolute atomic E-state index is 0.0491. The van der Waals surface area contributed by atoms with Crippen molar-refractivity contribution < 1.29 is 14.3 Å². The summed E-state index contributed by atoms with van der Waals surface area (Å²) in [5, 5.41) is 2.83. The third kappa shape index (κ3) is 7.13. The van der Waals surface area contributed by atoms with Crippen LogP contribution in [0, 0.1) is 13.8 Å². The van der Waals surface area contributed by atoms with Gasteiger partial charge in [-0.1, -0.05) is 24.3 Å². The molecule has 1 N–H and O–H groups in total. The summed E-state index contributed by atoms with van der Waals surface area (Å²) in [6.07, 6.45) is 1.01. The second kappa shape index (κ2) is 10.4. The van der Waals surface area contributed by atoms with E-state index < -0.39 is 0 Å². The normalized spacial score (nSPS) is 10.3. The maximum absolute atomic E-state index is 12.2. The van der Waals surface area contributed by atoms with Gasteiger partial charge in [-0.15, -0.1) is 0 Å². The quantitative estimate of drug-likeness (QED) is 0.691. The van der Waals surface area contributed by atoms with Crippen LogP contribution in [0.2, 0.25) is 0 Å². The maximum atomic E-state index is 12.2. The van der Waals surface area contributed by atoms with Crippen molar-refractivity contribution in [1.29, 1.82) is 0 Å². The van der Waals surface area contributed by atoms with E-state index in [0.717, 1.165) is 16.9 Å². The number of aryl methyl sites for hydroxylation is 2. The maximum Gasteiger partial charge on any atom is 0.251 e. The molecule has 2 amide bonds. The minimum atomic E-state index is -0.113. The monoisotopic (exact) mass is 368 g/mol. The summed E-state index contributed by atoms with van der Waals surface area (Å²) in [5.74, 6) is 0.767.